The van der Waals surface area contributed by atoms with E-state index in [2.05, 4.69) is 20.1 Å². The molecule has 1 atom stereocenters. The third kappa shape index (κ3) is 2.28. The van der Waals surface area contributed by atoms with E-state index < -0.39 is 0 Å². The van der Waals surface area contributed by atoms with Crippen molar-refractivity contribution in [3.63, 3.8) is 0 Å². The Morgan fingerprint density at radius 1 is 1.37 bits per heavy atom. The zero-order valence-electron chi connectivity index (χ0n) is 10.4. The van der Waals surface area contributed by atoms with E-state index >= 15 is 0 Å². The van der Waals surface area contributed by atoms with Gasteiger partial charge in [-0.2, -0.15) is 0 Å². The largest absolute Gasteiger partial charge is 0.345 e. The lowest BCUT2D eigenvalue weighted by Gasteiger charge is -2.25. The van der Waals surface area contributed by atoms with Crippen molar-refractivity contribution in [3.05, 3.63) is 34.5 Å². The summed E-state index contributed by atoms with van der Waals surface area (Å²) < 4.78 is 1.94. The van der Waals surface area contributed by atoms with Crippen LogP contribution in [0, 0.1) is 0 Å². The second kappa shape index (κ2) is 4.98. The standard InChI is InChI=1S/C12H13Cl2N5/c1-18-7-16-17-12(18)10-3-2-4-19(10)11-9(14)5-8(13)6-15-11/h5-7,10H,2-4H2,1H3. The molecule has 0 N–H and O–H groups in total. The highest BCUT2D eigenvalue weighted by Crippen LogP contribution is 2.37. The van der Waals surface area contributed by atoms with Gasteiger partial charge >= 0.3 is 0 Å². The number of aromatic nitrogens is 4. The zero-order valence-corrected chi connectivity index (χ0v) is 11.9. The van der Waals surface area contributed by atoms with E-state index in [1.54, 1.807) is 18.6 Å². The highest BCUT2D eigenvalue weighted by Gasteiger charge is 2.31. The fourth-order valence-electron chi connectivity index (χ4n) is 2.50. The molecule has 1 fully saturated rings. The van der Waals surface area contributed by atoms with Crippen molar-refractivity contribution in [3.8, 4) is 0 Å². The number of hydrogen-bond acceptors (Lipinski definition) is 4. The lowest BCUT2D eigenvalue weighted by Crippen LogP contribution is -2.26. The normalized spacial score (nSPS) is 19.1. The highest BCUT2D eigenvalue weighted by molar-refractivity contribution is 6.36. The number of pyridine rings is 1. The molecule has 0 aromatic carbocycles. The molecular weight excluding hydrogens is 285 g/mol. The molecule has 0 bridgehead atoms. The van der Waals surface area contributed by atoms with Gasteiger partial charge in [-0.05, 0) is 18.9 Å². The van der Waals surface area contributed by atoms with Crippen molar-refractivity contribution in [2.75, 3.05) is 11.4 Å². The molecule has 100 valence electrons. The Balaban J connectivity index is 1.97. The molecule has 1 aliphatic heterocycles. The summed E-state index contributed by atoms with van der Waals surface area (Å²) in [4.78, 5) is 6.52. The third-order valence-corrected chi connectivity index (χ3v) is 3.84. The maximum Gasteiger partial charge on any atom is 0.155 e. The summed E-state index contributed by atoms with van der Waals surface area (Å²) >= 11 is 12.1. The molecule has 5 nitrogen and oxygen atoms in total. The Morgan fingerprint density at radius 3 is 2.89 bits per heavy atom. The Labute approximate surface area is 121 Å². The maximum absolute atomic E-state index is 6.24. The van der Waals surface area contributed by atoms with Crippen LogP contribution in [0.3, 0.4) is 0 Å². The molecule has 19 heavy (non-hydrogen) atoms. The third-order valence-electron chi connectivity index (χ3n) is 3.36. The molecule has 7 heteroatoms. The second-order valence-electron chi connectivity index (χ2n) is 4.61. The van der Waals surface area contributed by atoms with Crippen LogP contribution in [-0.4, -0.2) is 26.3 Å². The van der Waals surface area contributed by atoms with Crippen LogP contribution < -0.4 is 4.90 Å². The number of rotatable bonds is 2. The van der Waals surface area contributed by atoms with Crippen molar-refractivity contribution in [1.82, 2.24) is 19.7 Å². The van der Waals surface area contributed by atoms with E-state index in [1.807, 2.05) is 11.6 Å². The molecule has 2 aromatic heterocycles. The molecule has 1 saturated heterocycles. The Morgan fingerprint density at radius 2 is 2.21 bits per heavy atom. The molecule has 0 saturated carbocycles. The van der Waals surface area contributed by atoms with Gasteiger partial charge in [-0.15, -0.1) is 10.2 Å². The van der Waals surface area contributed by atoms with Crippen molar-refractivity contribution < 1.29 is 0 Å². The molecular formula is C12H13Cl2N5. The van der Waals surface area contributed by atoms with Crippen LogP contribution in [0.25, 0.3) is 0 Å². The van der Waals surface area contributed by atoms with Gasteiger partial charge in [-0.1, -0.05) is 23.2 Å². The van der Waals surface area contributed by atoms with Crippen LogP contribution in [0.4, 0.5) is 5.82 Å². The first kappa shape index (κ1) is 12.7. The lowest BCUT2D eigenvalue weighted by molar-refractivity contribution is 0.625. The van der Waals surface area contributed by atoms with Gasteiger partial charge in [-0.25, -0.2) is 4.98 Å². The minimum Gasteiger partial charge on any atom is -0.345 e. The summed E-state index contributed by atoms with van der Waals surface area (Å²) in [5.41, 5.74) is 0. The molecule has 0 spiro atoms. The smallest absolute Gasteiger partial charge is 0.155 e. The summed E-state index contributed by atoms with van der Waals surface area (Å²) in [6.07, 6.45) is 5.43. The van der Waals surface area contributed by atoms with E-state index in [-0.39, 0.29) is 6.04 Å². The van der Waals surface area contributed by atoms with Gasteiger partial charge in [0.1, 0.15) is 12.1 Å². The van der Waals surface area contributed by atoms with Gasteiger partial charge in [0.2, 0.25) is 0 Å². The number of hydrogen-bond donors (Lipinski definition) is 0. The van der Waals surface area contributed by atoms with Crippen molar-refractivity contribution >= 4 is 29.0 Å². The second-order valence-corrected chi connectivity index (χ2v) is 5.45. The minimum atomic E-state index is 0.165. The van der Waals surface area contributed by atoms with Gasteiger partial charge in [0, 0.05) is 19.8 Å². The zero-order chi connectivity index (χ0) is 13.4. The van der Waals surface area contributed by atoms with E-state index in [4.69, 9.17) is 23.2 Å². The van der Waals surface area contributed by atoms with Crippen molar-refractivity contribution in [1.29, 1.82) is 0 Å². The van der Waals surface area contributed by atoms with E-state index in [0.717, 1.165) is 31.0 Å². The van der Waals surface area contributed by atoms with Gasteiger partial charge in [0.05, 0.1) is 16.1 Å². The van der Waals surface area contributed by atoms with Crippen molar-refractivity contribution in [2.24, 2.45) is 7.05 Å². The van der Waals surface area contributed by atoms with Crippen molar-refractivity contribution in [2.45, 2.75) is 18.9 Å². The van der Waals surface area contributed by atoms with E-state index in [9.17, 15) is 0 Å². The highest BCUT2D eigenvalue weighted by atomic mass is 35.5. The predicted octanol–water partition coefficient (Wildman–Crippen LogP) is 2.86. The molecule has 3 rings (SSSR count). The Kier molecular flexibility index (Phi) is 3.33. The maximum atomic E-state index is 6.24. The number of aryl methyl sites for hydroxylation is 1. The summed E-state index contributed by atoms with van der Waals surface area (Å²) in [5.74, 6) is 1.70. The molecule has 0 aliphatic carbocycles. The number of nitrogens with zero attached hydrogens (tertiary/aromatic N) is 5. The predicted molar refractivity (Wildman–Crippen MR) is 74.6 cm³/mol. The fraction of sp³-hybridized carbons (Fsp3) is 0.417. The van der Waals surface area contributed by atoms with E-state index in [1.165, 1.54) is 0 Å². The van der Waals surface area contributed by atoms with Gasteiger partial charge in [-0.3, -0.25) is 0 Å². The van der Waals surface area contributed by atoms with Crippen LogP contribution in [0.5, 0.6) is 0 Å². The van der Waals surface area contributed by atoms with Crippen LogP contribution in [0.2, 0.25) is 10.0 Å². The van der Waals surface area contributed by atoms with Crippen LogP contribution in [0.15, 0.2) is 18.6 Å². The van der Waals surface area contributed by atoms with Gasteiger partial charge in [0.15, 0.2) is 5.82 Å². The molecule has 3 heterocycles. The SMILES string of the molecule is Cn1cnnc1C1CCCN1c1ncc(Cl)cc1Cl. The van der Waals surface area contributed by atoms with E-state index in [0.29, 0.717) is 10.0 Å². The van der Waals surface area contributed by atoms with Crippen LogP contribution >= 0.6 is 23.2 Å². The van der Waals surface area contributed by atoms with Gasteiger partial charge < -0.3 is 9.47 Å². The summed E-state index contributed by atoms with van der Waals surface area (Å²) in [5, 5.41) is 9.25. The molecule has 2 aromatic rings. The van der Waals surface area contributed by atoms with Gasteiger partial charge in [0.25, 0.3) is 0 Å². The Bertz CT molecular complexity index is 598. The summed E-state index contributed by atoms with van der Waals surface area (Å²) in [6.45, 7) is 0.909. The first-order valence-electron chi connectivity index (χ1n) is 6.08. The average Bonchev–Trinajstić information content (AvgIpc) is 2.97. The molecule has 1 aliphatic rings. The molecule has 0 radical (unpaired) electrons. The Hall–Kier alpha value is -1.33. The van der Waals surface area contributed by atoms with Crippen LogP contribution in [-0.2, 0) is 7.05 Å². The van der Waals surface area contributed by atoms with Crippen LogP contribution in [0.1, 0.15) is 24.7 Å². The minimum absolute atomic E-state index is 0.165. The number of halogens is 2. The summed E-state index contributed by atoms with van der Waals surface area (Å²) in [7, 11) is 1.95. The average molecular weight is 298 g/mol. The first-order chi connectivity index (χ1) is 9.16. The monoisotopic (exact) mass is 297 g/mol. The quantitative estimate of drug-likeness (QED) is 0.855. The summed E-state index contributed by atoms with van der Waals surface area (Å²) in [6, 6.07) is 1.89. The molecule has 0 amide bonds. The first-order valence-corrected chi connectivity index (χ1v) is 6.84. The molecule has 1 unspecified atom stereocenters. The number of anilines is 1. The lowest BCUT2D eigenvalue weighted by atomic mass is 10.2. The topological polar surface area (TPSA) is 46.8 Å². The fourth-order valence-corrected chi connectivity index (χ4v) is 2.99.